The summed E-state index contributed by atoms with van der Waals surface area (Å²) in [5, 5.41) is 58.4. The van der Waals surface area contributed by atoms with Crippen LogP contribution in [-0.2, 0) is 4.79 Å². The first kappa shape index (κ1) is 40.0. The molecular weight excluding hydrogens is 721 g/mol. The van der Waals surface area contributed by atoms with Gasteiger partial charge in [0.25, 0.3) is 0 Å². The number of aromatic nitrogens is 1. The van der Waals surface area contributed by atoms with E-state index in [1.807, 2.05) is 0 Å². The maximum atomic E-state index is 13.3. The lowest BCUT2D eigenvalue weighted by atomic mass is 9.81. The van der Waals surface area contributed by atoms with Crippen LogP contribution < -0.4 is 20.4 Å². The first-order chi connectivity index (χ1) is 26.1. The number of phenols is 4. The van der Waals surface area contributed by atoms with E-state index in [9.17, 15) is 30.3 Å². The Morgan fingerprint density at radius 2 is 1.41 bits per heavy atom. The number of Topliss-reactive ketones (excluding diaryl/α,β-unsaturated/α-hetero) is 1. The molecule has 2 aliphatic rings. The lowest BCUT2D eigenvalue weighted by molar-refractivity contribution is -0.527. The second-order valence-electron chi connectivity index (χ2n) is 13.1. The van der Waals surface area contributed by atoms with Gasteiger partial charge in [-0.25, -0.2) is 4.98 Å². The molecule has 282 valence electrons. The number of thioether (sulfide) groups is 1. The van der Waals surface area contributed by atoms with Crippen molar-refractivity contribution in [1.82, 2.24) is 4.98 Å². The Bertz CT molecular complexity index is 2210. The fourth-order valence-electron chi connectivity index (χ4n) is 5.94. The molecule has 2 aromatic carbocycles. The van der Waals surface area contributed by atoms with E-state index in [0.29, 0.717) is 9.78 Å². The van der Waals surface area contributed by atoms with Crippen LogP contribution in [0.1, 0.15) is 95.1 Å². The highest BCUT2D eigenvalue weighted by Gasteiger charge is 2.34. The molecule has 12 heteroatoms. The summed E-state index contributed by atoms with van der Waals surface area (Å²) >= 11 is 2.93. The predicted octanol–water partition coefficient (Wildman–Crippen LogP) is 5.48. The number of carbonyl (C=O) groups is 1. The number of unbranched alkanes of at least 4 members (excludes halogenated alkanes) is 4. The number of rotatable bonds is 14. The maximum Gasteiger partial charge on any atom is 0.360 e. The summed E-state index contributed by atoms with van der Waals surface area (Å²) < 4.78 is 2.27. The van der Waals surface area contributed by atoms with Crippen LogP contribution in [0.25, 0.3) is 16.9 Å². The van der Waals surface area contributed by atoms with E-state index in [-0.39, 0.29) is 21.6 Å². The van der Waals surface area contributed by atoms with E-state index in [1.165, 1.54) is 47.4 Å². The minimum absolute atomic E-state index is 0.272. The van der Waals surface area contributed by atoms with E-state index in [2.05, 4.69) is 70.5 Å². The van der Waals surface area contributed by atoms with Crippen molar-refractivity contribution in [3.63, 3.8) is 0 Å². The fourth-order valence-corrected chi connectivity index (χ4v) is 7.58. The van der Waals surface area contributed by atoms with Gasteiger partial charge in [0.1, 0.15) is 27.9 Å². The Hall–Kier alpha value is -5.17. The van der Waals surface area contributed by atoms with E-state index < -0.39 is 45.7 Å². The first-order valence-electron chi connectivity index (χ1n) is 18.5. The third kappa shape index (κ3) is 9.30. The van der Waals surface area contributed by atoms with E-state index in [1.54, 1.807) is 12.4 Å². The van der Waals surface area contributed by atoms with Gasteiger partial charge < -0.3 is 30.4 Å². The van der Waals surface area contributed by atoms with E-state index >= 15 is 0 Å². The zero-order chi connectivity index (χ0) is 38.8. The van der Waals surface area contributed by atoms with Gasteiger partial charge in [-0.3, -0.25) is 9.37 Å². The molecule has 54 heavy (non-hydrogen) atoms. The summed E-state index contributed by atoms with van der Waals surface area (Å²) in [4.78, 5) is 26.1. The molecule has 5 rings (SSSR count). The van der Waals surface area contributed by atoms with Crippen LogP contribution in [0.3, 0.4) is 0 Å². The van der Waals surface area contributed by atoms with Crippen molar-refractivity contribution in [2.24, 2.45) is 4.99 Å². The molecule has 0 amide bonds. The Morgan fingerprint density at radius 3 is 1.98 bits per heavy atom. The number of benzene rings is 2. The minimum atomic E-state index is -0.838. The number of aliphatic imine (C=N–C) groups is 1. The average Bonchev–Trinajstić information content (AvgIpc) is 3.83. The molecule has 3 aromatic rings. The number of aromatic hydroxyl groups is 4. The highest BCUT2D eigenvalue weighted by molar-refractivity contribution is 8.18. The molecule has 4 N–H and O–H groups in total. The van der Waals surface area contributed by atoms with E-state index in [0.717, 1.165) is 87.8 Å². The average molecular weight is 767 g/mol. The molecule has 1 aliphatic carbocycles. The summed E-state index contributed by atoms with van der Waals surface area (Å²) in [5.74, 6) is 2.24. The molecule has 0 unspecified atom stereocenters. The number of amidine groups is 1. The molecule has 0 fully saturated rings. The van der Waals surface area contributed by atoms with E-state index in [4.69, 9.17) is 0 Å². The Morgan fingerprint density at radius 1 is 0.796 bits per heavy atom. The standard InChI is InChI=1S/C42H46N4O6S2/c1-5-9-17-45(18-10-6-2)41-43-25-29(53-41)15-13-27-21-31(47)35(32(48)22-27)37-39(51)38(40(37)52)36-33(49)23-28(24-34(36)50)14-16-30-26-44-42(54-30)46(19-11-7-3)20-12-8-4/h21-26H,5-12,17-20H2,1-4H3,(H4,47,48,49,50,51,52). The van der Waals surface area contributed by atoms with Gasteiger partial charge in [-0.1, -0.05) is 82.1 Å². The van der Waals surface area contributed by atoms with Crippen molar-refractivity contribution in [1.29, 1.82) is 0 Å². The number of carbonyl (C=O) groups excluding carboxylic acids is 1. The molecule has 1 aromatic heterocycles. The van der Waals surface area contributed by atoms with Crippen molar-refractivity contribution in [3.05, 3.63) is 73.3 Å². The Balaban J connectivity index is 1.41. The molecule has 0 saturated heterocycles. The van der Waals surface area contributed by atoms with Crippen LogP contribution >= 0.6 is 23.1 Å². The summed E-state index contributed by atoms with van der Waals surface area (Å²) in [6.07, 6.45) is 12.0. The lowest BCUT2D eigenvalue weighted by Crippen LogP contribution is -2.33. The third-order valence-corrected chi connectivity index (χ3v) is 10.9. The molecular formula is C42H46N4O6S2. The van der Waals surface area contributed by atoms with Crippen molar-refractivity contribution < 1.29 is 34.9 Å². The highest BCUT2D eigenvalue weighted by Crippen LogP contribution is 2.44. The van der Waals surface area contributed by atoms with Crippen molar-refractivity contribution >= 4 is 62.3 Å². The quantitative estimate of drug-likeness (QED) is 0.0950. The van der Waals surface area contributed by atoms with Crippen LogP contribution in [0.5, 0.6) is 23.0 Å². The van der Waals surface area contributed by atoms with Gasteiger partial charge in [-0.2, -0.15) is 0 Å². The molecule has 0 spiro atoms. The second-order valence-corrected chi connectivity index (χ2v) is 15.1. The smallest absolute Gasteiger partial charge is 0.360 e. The van der Waals surface area contributed by atoms with Crippen molar-refractivity contribution in [2.75, 3.05) is 31.1 Å². The van der Waals surface area contributed by atoms with Gasteiger partial charge in [-0.15, -0.1) is 0 Å². The third-order valence-electron chi connectivity index (χ3n) is 8.92. The lowest BCUT2D eigenvalue weighted by Gasteiger charge is -2.31. The van der Waals surface area contributed by atoms with Gasteiger partial charge in [0.15, 0.2) is 17.1 Å². The number of anilines is 1. The zero-order valence-corrected chi connectivity index (χ0v) is 32.8. The number of ketones is 1. The molecule has 10 nitrogen and oxygen atoms in total. The van der Waals surface area contributed by atoms with Gasteiger partial charge in [0.2, 0.25) is 0 Å². The normalized spacial score (nSPS) is 13.5. The molecule has 2 heterocycles. The number of thiazole rings is 1. The number of hydrogen-bond donors (Lipinski definition) is 4. The number of nitrogens with zero attached hydrogens (tertiary/aromatic N) is 4. The summed E-state index contributed by atoms with van der Waals surface area (Å²) in [5.41, 5.74) is 4.96. The maximum absolute atomic E-state index is 13.3. The Labute approximate surface area is 324 Å². The number of allylic oxidation sites excluding steroid dienone is 3. The van der Waals surface area contributed by atoms with Crippen LogP contribution in [0, 0.1) is 11.8 Å². The van der Waals surface area contributed by atoms with Gasteiger partial charge in [-0.05, 0) is 66.6 Å². The van der Waals surface area contributed by atoms with Gasteiger partial charge in [0.05, 0.1) is 34.9 Å². The highest BCUT2D eigenvalue weighted by atomic mass is 32.2. The molecule has 0 bridgehead atoms. The predicted molar refractivity (Wildman–Crippen MR) is 216 cm³/mol. The molecule has 0 radical (unpaired) electrons. The first-order valence-corrected chi connectivity index (χ1v) is 20.1. The van der Waals surface area contributed by atoms with Crippen LogP contribution in [-0.4, -0.2) is 73.3 Å². The summed E-state index contributed by atoms with van der Waals surface area (Å²) in [6.45, 7) is 12.3. The minimum Gasteiger partial charge on any atom is -0.871 e. The van der Waals surface area contributed by atoms with Gasteiger partial charge in [0, 0.05) is 46.8 Å². The van der Waals surface area contributed by atoms with Gasteiger partial charge >= 0.3 is 5.17 Å². The second kappa shape index (κ2) is 18.7. The van der Waals surface area contributed by atoms with Crippen molar-refractivity contribution in [3.8, 4) is 34.8 Å². The zero-order valence-electron chi connectivity index (χ0n) is 31.2. The van der Waals surface area contributed by atoms with Crippen LogP contribution in [0.2, 0.25) is 0 Å². The number of phenolic OH excluding ortho intramolecular Hbond substituents is 4. The van der Waals surface area contributed by atoms with Crippen LogP contribution in [0.15, 0.2) is 51.9 Å². The number of hydrogen-bond acceptors (Lipinski definition) is 10. The van der Waals surface area contributed by atoms with Crippen LogP contribution in [0.4, 0.5) is 5.13 Å². The molecule has 0 saturated carbocycles. The largest absolute Gasteiger partial charge is 0.871 e. The summed E-state index contributed by atoms with van der Waals surface area (Å²) in [6, 6.07) is 5.08. The SMILES string of the molecule is CCCCN(CCCC)c1ncc(C#Cc2cc(O)c(C3=C([O-])C(=c4c(O)cc(=C=C=C5C=NC(=[N+](CCCC)CCCC)S5)cc4O)C3=O)c(O)c2)s1. The topological polar surface area (TPSA) is 153 Å². The molecule has 1 aliphatic heterocycles. The summed E-state index contributed by atoms with van der Waals surface area (Å²) in [7, 11) is 0. The Kier molecular flexibility index (Phi) is 13.9. The fraction of sp³-hybridized carbons (Fsp3) is 0.381. The monoisotopic (exact) mass is 766 g/mol. The van der Waals surface area contributed by atoms with Crippen molar-refractivity contribution in [2.45, 2.75) is 79.1 Å². The molecule has 0 atom stereocenters.